The lowest BCUT2D eigenvalue weighted by Gasteiger charge is -2.33. The zero-order chi connectivity index (χ0) is 12.1. The van der Waals surface area contributed by atoms with Gasteiger partial charge in [-0.05, 0) is 44.3 Å². The highest BCUT2D eigenvalue weighted by atomic mass is 32.1. The normalized spacial score (nSPS) is 23.8. The smallest absolute Gasteiger partial charge is 0.0412 e. The summed E-state index contributed by atoms with van der Waals surface area (Å²) < 4.78 is 0. The van der Waals surface area contributed by atoms with E-state index in [1.165, 1.54) is 37.1 Å². The summed E-state index contributed by atoms with van der Waals surface area (Å²) in [5, 5.41) is 5.91. The van der Waals surface area contributed by atoms with Crippen molar-refractivity contribution in [2.24, 2.45) is 0 Å². The molecular weight excluding hydrogens is 228 g/mol. The number of likely N-dealkylation sites (N-methyl/N-ethyl adjacent to an activating group) is 1. The molecule has 2 rings (SSSR count). The molecule has 1 N–H and O–H groups in total. The van der Waals surface area contributed by atoms with Gasteiger partial charge in [0.1, 0.15) is 0 Å². The Kier molecular flexibility index (Phi) is 5.01. The molecule has 0 radical (unpaired) electrons. The van der Waals surface area contributed by atoms with Crippen LogP contribution in [0.1, 0.15) is 43.5 Å². The van der Waals surface area contributed by atoms with E-state index >= 15 is 0 Å². The van der Waals surface area contributed by atoms with Gasteiger partial charge in [-0.3, -0.25) is 0 Å². The van der Waals surface area contributed by atoms with Crippen LogP contribution in [0, 0.1) is 0 Å². The van der Waals surface area contributed by atoms with Crippen molar-refractivity contribution < 1.29 is 0 Å². The van der Waals surface area contributed by atoms with Crippen LogP contribution in [0.25, 0.3) is 0 Å². The third-order valence-corrected chi connectivity index (χ3v) is 4.80. The average Bonchev–Trinajstić information content (AvgIpc) is 2.86. The summed E-state index contributed by atoms with van der Waals surface area (Å²) in [6.07, 6.45) is 5.29. The van der Waals surface area contributed by atoms with Crippen LogP contribution >= 0.6 is 11.3 Å². The van der Waals surface area contributed by atoms with Crippen LogP contribution in [0.15, 0.2) is 17.5 Å². The second-order valence-corrected chi connectivity index (χ2v) is 5.99. The van der Waals surface area contributed by atoms with Crippen LogP contribution in [0.5, 0.6) is 0 Å². The molecular formula is C14H24N2S. The van der Waals surface area contributed by atoms with Crippen LogP contribution in [0.3, 0.4) is 0 Å². The van der Waals surface area contributed by atoms with Crippen molar-refractivity contribution in [3.63, 3.8) is 0 Å². The van der Waals surface area contributed by atoms with Gasteiger partial charge >= 0.3 is 0 Å². The molecule has 0 aliphatic carbocycles. The van der Waals surface area contributed by atoms with E-state index in [2.05, 4.69) is 41.7 Å². The van der Waals surface area contributed by atoms with Gasteiger partial charge in [-0.1, -0.05) is 19.4 Å². The van der Waals surface area contributed by atoms with E-state index in [1.807, 2.05) is 11.3 Å². The molecule has 2 atom stereocenters. The van der Waals surface area contributed by atoms with E-state index in [9.17, 15) is 0 Å². The third kappa shape index (κ3) is 3.54. The SMILES string of the molecule is CCC(NCC1CCCCN1C)c1cccs1. The Morgan fingerprint density at radius 3 is 3.06 bits per heavy atom. The summed E-state index contributed by atoms with van der Waals surface area (Å²) in [5.74, 6) is 0. The summed E-state index contributed by atoms with van der Waals surface area (Å²) >= 11 is 1.87. The molecule has 1 aliphatic heterocycles. The summed E-state index contributed by atoms with van der Waals surface area (Å²) in [7, 11) is 2.26. The minimum Gasteiger partial charge on any atom is -0.308 e. The lowest BCUT2D eigenvalue weighted by Crippen LogP contribution is -2.43. The number of likely N-dealkylation sites (tertiary alicyclic amines) is 1. The number of thiophene rings is 1. The van der Waals surface area contributed by atoms with Crippen molar-refractivity contribution in [1.29, 1.82) is 0 Å². The Hall–Kier alpha value is -0.380. The highest BCUT2D eigenvalue weighted by Crippen LogP contribution is 2.22. The van der Waals surface area contributed by atoms with Crippen LogP contribution in [0.2, 0.25) is 0 Å². The molecule has 1 saturated heterocycles. The Morgan fingerprint density at radius 2 is 2.41 bits per heavy atom. The minimum atomic E-state index is 0.547. The third-order valence-electron chi connectivity index (χ3n) is 3.82. The lowest BCUT2D eigenvalue weighted by molar-refractivity contribution is 0.177. The van der Waals surface area contributed by atoms with E-state index in [-0.39, 0.29) is 0 Å². The number of piperidine rings is 1. The first-order valence-electron chi connectivity index (χ1n) is 6.78. The maximum atomic E-state index is 3.74. The lowest BCUT2D eigenvalue weighted by atomic mass is 10.0. The van der Waals surface area contributed by atoms with Crippen molar-refractivity contribution in [3.8, 4) is 0 Å². The fourth-order valence-electron chi connectivity index (χ4n) is 2.62. The van der Waals surface area contributed by atoms with Gasteiger partial charge in [-0.25, -0.2) is 0 Å². The summed E-state index contributed by atoms with van der Waals surface area (Å²) in [5.41, 5.74) is 0. The van der Waals surface area contributed by atoms with Crippen LogP contribution < -0.4 is 5.32 Å². The van der Waals surface area contributed by atoms with E-state index in [4.69, 9.17) is 0 Å². The maximum absolute atomic E-state index is 3.74. The predicted molar refractivity (Wildman–Crippen MR) is 75.6 cm³/mol. The topological polar surface area (TPSA) is 15.3 Å². The molecule has 1 aliphatic rings. The van der Waals surface area contributed by atoms with Gasteiger partial charge < -0.3 is 10.2 Å². The molecule has 0 amide bonds. The molecule has 0 saturated carbocycles. The Labute approximate surface area is 109 Å². The summed E-state index contributed by atoms with van der Waals surface area (Å²) in [6, 6.07) is 5.68. The maximum Gasteiger partial charge on any atom is 0.0412 e. The molecule has 96 valence electrons. The van der Waals surface area contributed by atoms with Crippen molar-refractivity contribution >= 4 is 11.3 Å². The highest BCUT2D eigenvalue weighted by Gasteiger charge is 2.20. The van der Waals surface area contributed by atoms with Gasteiger partial charge in [-0.2, -0.15) is 0 Å². The number of nitrogens with one attached hydrogen (secondary N) is 1. The zero-order valence-electron chi connectivity index (χ0n) is 11.0. The zero-order valence-corrected chi connectivity index (χ0v) is 11.8. The molecule has 1 aromatic rings. The molecule has 2 heterocycles. The monoisotopic (exact) mass is 252 g/mol. The van der Waals surface area contributed by atoms with Gasteiger partial charge in [0.15, 0.2) is 0 Å². The van der Waals surface area contributed by atoms with Gasteiger partial charge in [0.25, 0.3) is 0 Å². The molecule has 2 nitrogen and oxygen atoms in total. The first kappa shape index (κ1) is 13.1. The Balaban J connectivity index is 1.83. The fraction of sp³-hybridized carbons (Fsp3) is 0.714. The Bertz CT molecular complexity index is 310. The van der Waals surface area contributed by atoms with E-state index in [1.54, 1.807) is 0 Å². The average molecular weight is 252 g/mol. The second-order valence-electron chi connectivity index (χ2n) is 5.01. The molecule has 2 unspecified atom stereocenters. The van der Waals surface area contributed by atoms with Crippen LogP contribution in [-0.2, 0) is 0 Å². The first-order valence-corrected chi connectivity index (χ1v) is 7.66. The molecule has 17 heavy (non-hydrogen) atoms. The Morgan fingerprint density at radius 1 is 1.53 bits per heavy atom. The van der Waals surface area contributed by atoms with Crippen molar-refractivity contribution in [3.05, 3.63) is 22.4 Å². The number of hydrogen-bond donors (Lipinski definition) is 1. The molecule has 0 spiro atoms. The quantitative estimate of drug-likeness (QED) is 0.865. The molecule has 3 heteroatoms. The van der Waals surface area contributed by atoms with Crippen molar-refractivity contribution in [1.82, 2.24) is 10.2 Å². The number of nitrogens with zero attached hydrogens (tertiary/aromatic N) is 1. The highest BCUT2D eigenvalue weighted by molar-refractivity contribution is 7.10. The van der Waals surface area contributed by atoms with E-state index in [0.717, 1.165) is 12.6 Å². The van der Waals surface area contributed by atoms with Gasteiger partial charge in [-0.15, -0.1) is 11.3 Å². The van der Waals surface area contributed by atoms with Crippen molar-refractivity contribution in [2.75, 3.05) is 20.1 Å². The molecule has 1 aromatic heterocycles. The molecule has 1 fully saturated rings. The predicted octanol–water partition coefficient (Wildman–Crippen LogP) is 3.27. The van der Waals surface area contributed by atoms with E-state index < -0.39 is 0 Å². The van der Waals surface area contributed by atoms with Crippen LogP contribution in [0.4, 0.5) is 0 Å². The second kappa shape index (κ2) is 6.53. The summed E-state index contributed by atoms with van der Waals surface area (Å²) in [6.45, 7) is 4.66. The number of rotatable bonds is 5. The largest absolute Gasteiger partial charge is 0.308 e. The van der Waals surface area contributed by atoms with E-state index in [0.29, 0.717) is 6.04 Å². The van der Waals surface area contributed by atoms with Gasteiger partial charge in [0.05, 0.1) is 0 Å². The fourth-order valence-corrected chi connectivity index (χ4v) is 3.50. The van der Waals surface area contributed by atoms with Crippen LogP contribution in [-0.4, -0.2) is 31.1 Å². The number of hydrogen-bond acceptors (Lipinski definition) is 3. The van der Waals surface area contributed by atoms with Gasteiger partial charge in [0, 0.05) is 23.5 Å². The minimum absolute atomic E-state index is 0.547. The van der Waals surface area contributed by atoms with Crippen molar-refractivity contribution in [2.45, 2.75) is 44.7 Å². The van der Waals surface area contributed by atoms with Gasteiger partial charge in [0.2, 0.25) is 0 Å². The first-order chi connectivity index (χ1) is 8.31. The molecule has 0 bridgehead atoms. The molecule has 0 aromatic carbocycles. The standard InChI is InChI=1S/C14H24N2S/c1-3-13(14-8-6-10-17-14)15-11-12-7-4-5-9-16(12)2/h6,8,10,12-13,15H,3-5,7,9,11H2,1-2H3. The summed E-state index contributed by atoms with van der Waals surface area (Å²) in [4.78, 5) is 3.99.